The summed E-state index contributed by atoms with van der Waals surface area (Å²) in [5, 5.41) is 0. The van der Waals surface area contributed by atoms with Gasteiger partial charge < -0.3 is 19.7 Å². The van der Waals surface area contributed by atoms with E-state index in [1.807, 2.05) is 15.9 Å². The van der Waals surface area contributed by atoms with Gasteiger partial charge in [-0.25, -0.2) is 0 Å². The van der Waals surface area contributed by atoms with Crippen molar-refractivity contribution in [1.82, 2.24) is 19.7 Å². The number of amides is 2. The van der Waals surface area contributed by atoms with Crippen LogP contribution in [-0.4, -0.2) is 76.8 Å². The number of nitrogens with zero attached hydrogens (tertiary/aromatic N) is 3. The number of H-pyrrole nitrogens is 1. The highest BCUT2D eigenvalue weighted by Crippen LogP contribution is 2.23. The molecule has 0 spiro atoms. The van der Waals surface area contributed by atoms with E-state index in [-0.39, 0.29) is 11.8 Å². The molecular formula is C19H30N4O2. The van der Waals surface area contributed by atoms with E-state index in [0.717, 1.165) is 25.9 Å². The van der Waals surface area contributed by atoms with Gasteiger partial charge in [-0.3, -0.25) is 9.59 Å². The van der Waals surface area contributed by atoms with E-state index in [1.165, 1.54) is 0 Å². The van der Waals surface area contributed by atoms with E-state index in [4.69, 9.17) is 0 Å². The lowest BCUT2D eigenvalue weighted by molar-refractivity contribution is -0.134. The molecule has 0 atom stereocenters. The predicted molar refractivity (Wildman–Crippen MR) is 97.3 cm³/mol. The summed E-state index contributed by atoms with van der Waals surface area (Å²) in [6.07, 6.45) is 4.67. The molecule has 2 fully saturated rings. The molecule has 2 aliphatic heterocycles. The van der Waals surface area contributed by atoms with Crippen LogP contribution in [0.4, 0.5) is 0 Å². The Bertz CT molecular complexity index is 568. The molecule has 138 valence electrons. The van der Waals surface area contributed by atoms with Crippen molar-refractivity contribution >= 4 is 11.8 Å². The van der Waals surface area contributed by atoms with Crippen molar-refractivity contribution in [2.45, 2.75) is 39.2 Å². The normalized spacial score (nSPS) is 20.3. The molecule has 0 saturated carbocycles. The first kappa shape index (κ1) is 18.0. The molecule has 2 aliphatic rings. The Morgan fingerprint density at radius 3 is 2.28 bits per heavy atom. The van der Waals surface area contributed by atoms with Crippen LogP contribution < -0.4 is 0 Å². The van der Waals surface area contributed by atoms with Crippen LogP contribution >= 0.6 is 0 Å². The fraction of sp³-hybridized carbons (Fsp3) is 0.684. The molecule has 0 aliphatic carbocycles. The molecule has 0 aromatic carbocycles. The average molecular weight is 346 g/mol. The van der Waals surface area contributed by atoms with E-state index in [2.05, 4.69) is 23.7 Å². The third kappa shape index (κ3) is 4.42. The fourth-order valence-electron chi connectivity index (χ4n) is 3.84. The smallest absolute Gasteiger partial charge is 0.270 e. The zero-order valence-electron chi connectivity index (χ0n) is 15.4. The maximum atomic E-state index is 12.6. The zero-order valence-corrected chi connectivity index (χ0v) is 15.4. The quantitative estimate of drug-likeness (QED) is 0.904. The van der Waals surface area contributed by atoms with Gasteiger partial charge in [0.25, 0.3) is 5.91 Å². The van der Waals surface area contributed by atoms with Crippen molar-refractivity contribution in [3.8, 4) is 0 Å². The summed E-state index contributed by atoms with van der Waals surface area (Å²) in [6, 6.07) is 4.22. The van der Waals surface area contributed by atoms with E-state index >= 15 is 0 Å². The lowest BCUT2D eigenvalue weighted by Gasteiger charge is -2.37. The maximum absolute atomic E-state index is 12.6. The Morgan fingerprint density at radius 1 is 1.08 bits per heavy atom. The summed E-state index contributed by atoms with van der Waals surface area (Å²) >= 11 is 0. The highest BCUT2D eigenvalue weighted by atomic mass is 16.2. The molecule has 2 saturated heterocycles. The van der Waals surface area contributed by atoms with Crippen LogP contribution in [0.25, 0.3) is 0 Å². The topological polar surface area (TPSA) is 59.7 Å². The van der Waals surface area contributed by atoms with E-state index < -0.39 is 0 Å². The summed E-state index contributed by atoms with van der Waals surface area (Å²) in [5.74, 6) is 0.800. The molecule has 1 aromatic rings. The summed E-state index contributed by atoms with van der Waals surface area (Å²) < 4.78 is 0. The van der Waals surface area contributed by atoms with Crippen molar-refractivity contribution in [1.29, 1.82) is 0 Å². The van der Waals surface area contributed by atoms with Crippen LogP contribution in [0.3, 0.4) is 0 Å². The van der Waals surface area contributed by atoms with Gasteiger partial charge in [0.1, 0.15) is 5.69 Å². The molecule has 1 N–H and O–H groups in total. The molecule has 0 radical (unpaired) electrons. The van der Waals surface area contributed by atoms with Gasteiger partial charge in [-0.1, -0.05) is 0 Å². The SMILES string of the molecule is CC(C)N1CCC(CC(=O)N2CCN(C(=O)c3ccc[nH]3)CC2)CC1. The van der Waals surface area contributed by atoms with Gasteiger partial charge in [0.05, 0.1) is 0 Å². The molecule has 6 nitrogen and oxygen atoms in total. The average Bonchev–Trinajstić information content (AvgIpc) is 3.16. The van der Waals surface area contributed by atoms with Gasteiger partial charge in [-0.15, -0.1) is 0 Å². The molecule has 3 rings (SSSR count). The van der Waals surface area contributed by atoms with E-state index in [1.54, 1.807) is 12.3 Å². The van der Waals surface area contributed by atoms with Crippen molar-refractivity contribution in [2.75, 3.05) is 39.3 Å². The first-order valence-electron chi connectivity index (χ1n) is 9.49. The Balaban J connectivity index is 1.42. The second-order valence-corrected chi connectivity index (χ2v) is 7.53. The van der Waals surface area contributed by atoms with Gasteiger partial charge in [0.15, 0.2) is 0 Å². The standard InChI is InChI=1S/C19H30N4O2/c1-15(2)21-8-5-16(6-9-21)14-18(24)22-10-12-23(13-11-22)19(25)17-4-3-7-20-17/h3-4,7,15-16,20H,5-6,8-14H2,1-2H3. The van der Waals surface area contributed by atoms with Crippen molar-refractivity contribution < 1.29 is 9.59 Å². The van der Waals surface area contributed by atoms with Gasteiger partial charge in [-0.05, 0) is 57.8 Å². The molecule has 0 unspecified atom stereocenters. The number of hydrogen-bond acceptors (Lipinski definition) is 3. The molecule has 2 amide bonds. The van der Waals surface area contributed by atoms with Gasteiger partial charge in [-0.2, -0.15) is 0 Å². The summed E-state index contributed by atoms with van der Waals surface area (Å²) in [4.78, 5) is 34.1. The lowest BCUT2D eigenvalue weighted by atomic mass is 9.92. The number of piperazine rings is 1. The molecule has 3 heterocycles. The zero-order chi connectivity index (χ0) is 17.8. The fourth-order valence-corrected chi connectivity index (χ4v) is 3.84. The molecule has 0 bridgehead atoms. The number of aromatic nitrogens is 1. The number of piperidine rings is 1. The Kier molecular flexibility index (Phi) is 5.78. The van der Waals surface area contributed by atoms with Crippen LogP contribution in [0.5, 0.6) is 0 Å². The lowest BCUT2D eigenvalue weighted by Crippen LogP contribution is -2.51. The number of carbonyl (C=O) groups is 2. The number of rotatable bonds is 4. The highest BCUT2D eigenvalue weighted by Gasteiger charge is 2.28. The predicted octanol–water partition coefficient (Wildman–Crippen LogP) is 1.81. The molecule has 1 aromatic heterocycles. The number of likely N-dealkylation sites (tertiary alicyclic amines) is 1. The van der Waals surface area contributed by atoms with E-state index in [9.17, 15) is 9.59 Å². The third-order valence-electron chi connectivity index (χ3n) is 5.59. The number of hydrogen-bond donors (Lipinski definition) is 1. The maximum Gasteiger partial charge on any atom is 0.270 e. The number of carbonyl (C=O) groups excluding carboxylic acids is 2. The molecule has 6 heteroatoms. The van der Waals surface area contributed by atoms with Crippen molar-refractivity contribution in [2.24, 2.45) is 5.92 Å². The second kappa shape index (κ2) is 8.04. The van der Waals surface area contributed by atoms with Crippen LogP contribution in [0, 0.1) is 5.92 Å². The minimum atomic E-state index is 0.0261. The first-order valence-corrected chi connectivity index (χ1v) is 9.49. The van der Waals surface area contributed by atoms with Crippen LogP contribution in [0.2, 0.25) is 0 Å². The molecule has 25 heavy (non-hydrogen) atoms. The van der Waals surface area contributed by atoms with Gasteiger partial charge >= 0.3 is 0 Å². The monoisotopic (exact) mass is 346 g/mol. The summed E-state index contributed by atoms with van der Waals surface area (Å²) in [7, 11) is 0. The van der Waals surface area contributed by atoms with Crippen LogP contribution in [-0.2, 0) is 4.79 Å². The largest absolute Gasteiger partial charge is 0.357 e. The minimum absolute atomic E-state index is 0.0261. The summed E-state index contributed by atoms with van der Waals surface area (Å²) in [6.45, 7) is 9.22. The Morgan fingerprint density at radius 2 is 1.72 bits per heavy atom. The first-order chi connectivity index (χ1) is 12.0. The van der Waals surface area contributed by atoms with Crippen LogP contribution in [0.1, 0.15) is 43.6 Å². The molecular weight excluding hydrogens is 316 g/mol. The van der Waals surface area contributed by atoms with Crippen LogP contribution in [0.15, 0.2) is 18.3 Å². The minimum Gasteiger partial charge on any atom is -0.357 e. The third-order valence-corrected chi connectivity index (χ3v) is 5.59. The highest BCUT2D eigenvalue weighted by molar-refractivity contribution is 5.92. The second-order valence-electron chi connectivity index (χ2n) is 7.53. The Labute approximate surface area is 150 Å². The van der Waals surface area contributed by atoms with E-state index in [0.29, 0.717) is 50.3 Å². The number of aromatic amines is 1. The van der Waals surface area contributed by atoms with Crippen molar-refractivity contribution in [3.63, 3.8) is 0 Å². The summed E-state index contributed by atoms with van der Waals surface area (Å²) in [5.41, 5.74) is 0.622. The number of nitrogens with one attached hydrogen (secondary N) is 1. The Hall–Kier alpha value is -1.82. The van der Waals surface area contributed by atoms with Crippen molar-refractivity contribution in [3.05, 3.63) is 24.0 Å². The van der Waals surface area contributed by atoms with Gasteiger partial charge in [0, 0.05) is 44.8 Å². The van der Waals surface area contributed by atoms with Gasteiger partial charge in [0.2, 0.25) is 5.91 Å².